The molecule has 1 fully saturated rings. The minimum Gasteiger partial charge on any atom is -0.299 e. The maximum atomic E-state index is 12.2. The molecule has 4 nitrogen and oxygen atoms in total. The molecule has 0 atom stereocenters. The number of hydrogen-bond donors (Lipinski definition) is 0. The van der Waals surface area contributed by atoms with Crippen LogP contribution in [-0.2, 0) is 13.1 Å². The van der Waals surface area contributed by atoms with E-state index in [1.54, 1.807) is 17.0 Å². The van der Waals surface area contributed by atoms with E-state index in [2.05, 4.69) is 54.1 Å². The molecule has 0 N–H and O–H groups in total. The highest BCUT2D eigenvalue weighted by atomic mass is 16.1. The van der Waals surface area contributed by atoms with Crippen molar-refractivity contribution in [3.63, 3.8) is 0 Å². The quantitative estimate of drug-likeness (QED) is 0.847. The second-order valence-corrected chi connectivity index (χ2v) is 7.16. The standard InChI is InChI=1S/C20H27N3O/c1-16(2)19-12-20(24)23(15-21-19)14-18-8-10-22(11-9-18)13-17-6-4-3-5-7-17/h3-7,12,15-16,18H,8-11,13-14H2,1-2H3. The van der Waals surface area contributed by atoms with Crippen molar-refractivity contribution in [2.24, 2.45) is 5.92 Å². The first-order valence-electron chi connectivity index (χ1n) is 8.94. The minimum atomic E-state index is 0.0837. The monoisotopic (exact) mass is 325 g/mol. The average molecular weight is 325 g/mol. The van der Waals surface area contributed by atoms with Gasteiger partial charge < -0.3 is 0 Å². The third kappa shape index (κ3) is 4.32. The van der Waals surface area contributed by atoms with Crippen LogP contribution in [0.4, 0.5) is 0 Å². The molecule has 4 heteroatoms. The SMILES string of the molecule is CC(C)c1cc(=O)n(CC2CCN(Cc3ccccc3)CC2)cn1. The summed E-state index contributed by atoms with van der Waals surface area (Å²) in [6, 6.07) is 12.3. The van der Waals surface area contributed by atoms with Crippen LogP contribution in [-0.4, -0.2) is 27.5 Å². The number of benzene rings is 1. The molecule has 1 aliphatic rings. The predicted octanol–water partition coefficient (Wildman–Crippen LogP) is 3.28. The van der Waals surface area contributed by atoms with E-state index in [1.807, 2.05) is 0 Å². The van der Waals surface area contributed by atoms with E-state index in [0.29, 0.717) is 11.8 Å². The average Bonchev–Trinajstić information content (AvgIpc) is 2.59. The molecule has 0 saturated carbocycles. The summed E-state index contributed by atoms with van der Waals surface area (Å²) in [4.78, 5) is 19.2. The van der Waals surface area contributed by atoms with Gasteiger partial charge in [-0.15, -0.1) is 0 Å². The van der Waals surface area contributed by atoms with Crippen molar-refractivity contribution < 1.29 is 0 Å². The highest BCUT2D eigenvalue weighted by Gasteiger charge is 2.20. The lowest BCUT2D eigenvalue weighted by atomic mass is 9.96. The Morgan fingerprint density at radius 2 is 1.88 bits per heavy atom. The van der Waals surface area contributed by atoms with Crippen LogP contribution in [0.1, 0.15) is 43.9 Å². The molecule has 0 spiro atoms. The number of nitrogens with zero attached hydrogens (tertiary/aromatic N) is 3. The molecule has 1 aliphatic heterocycles. The third-order valence-electron chi connectivity index (χ3n) is 4.90. The van der Waals surface area contributed by atoms with Crippen molar-refractivity contribution in [1.82, 2.24) is 14.5 Å². The van der Waals surface area contributed by atoms with Crippen LogP contribution in [0.15, 0.2) is 47.5 Å². The topological polar surface area (TPSA) is 38.1 Å². The lowest BCUT2D eigenvalue weighted by Gasteiger charge is -2.32. The molecule has 1 saturated heterocycles. The molecular formula is C20H27N3O. The maximum Gasteiger partial charge on any atom is 0.253 e. The number of aromatic nitrogens is 2. The Morgan fingerprint density at radius 1 is 1.17 bits per heavy atom. The minimum absolute atomic E-state index is 0.0837. The summed E-state index contributed by atoms with van der Waals surface area (Å²) in [7, 11) is 0. The summed E-state index contributed by atoms with van der Waals surface area (Å²) in [5.41, 5.74) is 2.34. The highest BCUT2D eigenvalue weighted by molar-refractivity contribution is 5.14. The van der Waals surface area contributed by atoms with Crippen LogP contribution in [0.3, 0.4) is 0 Å². The summed E-state index contributed by atoms with van der Waals surface area (Å²) in [6.45, 7) is 8.16. The second kappa shape index (κ2) is 7.75. The van der Waals surface area contributed by atoms with Gasteiger partial charge in [0.15, 0.2) is 0 Å². The Bertz CT molecular complexity index is 700. The predicted molar refractivity (Wildman–Crippen MR) is 97.0 cm³/mol. The van der Waals surface area contributed by atoms with Crippen LogP contribution in [0.2, 0.25) is 0 Å². The molecule has 0 unspecified atom stereocenters. The van der Waals surface area contributed by atoms with Crippen LogP contribution < -0.4 is 5.56 Å². The van der Waals surface area contributed by atoms with Crippen molar-refractivity contribution in [2.75, 3.05) is 13.1 Å². The van der Waals surface area contributed by atoms with Gasteiger partial charge in [-0.1, -0.05) is 44.2 Å². The molecule has 0 amide bonds. The Balaban J connectivity index is 1.53. The molecule has 0 bridgehead atoms. The van der Waals surface area contributed by atoms with Crippen molar-refractivity contribution in [3.05, 3.63) is 64.3 Å². The first-order chi connectivity index (χ1) is 11.6. The Kier molecular flexibility index (Phi) is 5.46. The fraction of sp³-hybridized carbons (Fsp3) is 0.500. The van der Waals surface area contributed by atoms with E-state index in [1.165, 1.54) is 5.56 Å². The molecule has 2 heterocycles. The van der Waals surface area contributed by atoms with Crippen molar-refractivity contribution in [3.8, 4) is 0 Å². The second-order valence-electron chi connectivity index (χ2n) is 7.16. The normalized spacial score (nSPS) is 16.6. The summed E-state index contributed by atoms with van der Waals surface area (Å²) in [5, 5.41) is 0. The Morgan fingerprint density at radius 3 is 2.50 bits per heavy atom. The molecule has 3 rings (SSSR count). The first kappa shape index (κ1) is 16.9. The zero-order valence-electron chi connectivity index (χ0n) is 14.7. The van der Waals surface area contributed by atoms with Gasteiger partial charge in [-0.05, 0) is 43.3 Å². The zero-order valence-corrected chi connectivity index (χ0v) is 14.7. The van der Waals surface area contributed by atoms with E-state index in [-0.39, 0.29) is 5.56 Å². The van der Waals surface area contributed by atoms with Crippen LogP contribution in [0.25, 0.3) is 0 Å². The van der Waals surface area contributed by atoms with Gasteiger partial charge in [0.05, 0.1) is 12.0 Å². The van der Waals surface area contributed by atoms with Gasteiger partial charge in [-0.2, -0.15) is 0 Å². The van der Waals surface area contributed by atoms with E-state index < -0.39 is 0 Å². The molecule has 128 valence electrons. The van der Waals surface area contributed by atoms with Crippen LogP contribution >= 0.6 is 0 Å². The molecule has 0 aliphatic carbocycles. The number of hydrogen-bond acceptors (Lipinski definition) is 3. The van der Waals surface area contributed by atoms with Crippen LogP contribution in [0, 0.1) is 5.92 Å². The number of piperidine rings is 1. The largest absolute Gasteiger partial charge is 0.299 e. The molecule has 24 heavy (non-hydrogen) atoms. The highest BCUT2D eigenvalue weighted by Crippen LogP contribution is 2.20. The van der Waals surface area contributed by atoms with E-state index >= 15 is 0 Å². The van der Waals surface area contributed by atoms with Crippen molar-refractivity contribution in [2.45, 2.75) is 45.7 Å². The van der Waals surface area contributed by atoms with Gasteiger partial charge in [0.25, 0.3) is 5.56 Å². The van der Waals surface area contributed by atoms with Gasteiger partial charge in [0, 0.05) is 19.2 Å². The van der Waals surface area contributed by atoms with E-state index in [0.717, 1.165) is 44.7 Å². The Labute approximate surface area is 144 Å². The molecule has 1 aromatic carbocycles. The molecule has 1 aromatic heterocycles. The van der Waals surface area contributed by atoms with Gasteiger partial charge in [0.2, 0.25) is 0 Å². The van der Waals surface area contributed by atoms with Crippen molar-refractivity contribution >= 4 is 0 Å². The molecule has 0 radical (unpaired) electrons. The first-order valence-corrected chi connectivity index (χ1v) is 8.94. The fourth-order valence-corrected chi connectivity index (χ4v) is 3.34. The third-order valence-corrected chi connectivity index (χ3v) is 4.90. The molecular weight excluding hydrogens is 298 g/mol. The maximum absolute atomic E-state index is 12.2. The van der Waals surface area contributed by atoms with Gasteiger partial charge in [-0.25, -0.2) is 4.98 Å². The summed E-state index contributed by atoms with van der Waals surface area (Å²) in [6.07, 6.45) is 4.02. The van der Waals surface area contributed by atoms with Gasteiger partial charge in [-0.3, -0.25) is 14.3 Å². The number of likely N-dealkylation sites (tertiary alicyclic amines) is 1. The zero-order chi connectivity index (χ0) is 16.9. The Hall–Kier alpha value is -1.94. The van der Waals surface area contributed by atoms with Gasteiger partial charge >= 0.3 is 0 Å². The molecule has 2 aromatic rings. The van der Waals surface area contributed by atoms with E-state index in [4.69, 9.17) is 0 Å². The summed E-state index contributed by atoms with van der Waals surface area (Å²) >= 11 is 0. The summed E-state index contributed by atoms with van der Waals surface area (Å²) in [5.74, 6) is 0.870. The smallest absolute Gasteiger partial charge is 0.253 e. The lowest BCUT2D eigenvalue weighted by molar-refractivity contribution is 0.166. The summed E-state index contributed by atoms with van der Waals surface area (Å²) < 4.78 is 1.78. The number of rotatable bonds is 5. The van der Waals surface area contributed by atoms with Crippen LogP contribution in [0.5, 0.6) is 0 Å². The van der Waals surface area contributed by atoms with E-state index in [9.17, 15) is 4.79 Å². The fourth-order valence-electron chi connectivity index (χ4n) is 3.34. The lowest BCUT2D eigenvalue weighted by Crippen LogP contribution is -2.36. The van der Waals surface area contributed by atoms with Gasteiger partial charge in [0.1, 0.15) is 0 Å². The van der Waals surface area contributed by atoms with Crippen molar-refractivity contribution in [1.29, 1.82) is 0 Å².